The van der Waals surface area contributed by atoms with Crippen molar-refractivity contribution in [2.24, 2.45) is 0 Å². The van der Waals surface area contributed by atoms with Gasteiger partial charge in [0.05, 0.1) is 0 Å². The number of imide groups is 2. The third-order valence-corrected chi connectivity index (χ3v) is 6.74. The van der Waals surface area contributed by atoms with Crippen LogP contribution in [-0.2, 0) is 22.4 Å². The van der Waals surface area contributed by atoms with Crippen LogP contribution in [0.5, 0.6) is 0 Å². The normalized spacial score (nSPS) is 13.8. The van der Waals surface area contributed by atoms with Gasteiger partial charge in [0.2, 0.25) is 11.8 Å². The van der Waals surface area contributed by atoms with Gasteiger partial charge >= 0.3 is 6.03 Å². The molecule has 0 bridgehead atoms. The summed E-state index contributed by atoms with van der Waals surface area (Å²) in [7, 11) is 0. The summed E-state index contributed by atoms with van der Waals surface area (Å²) < 4.78 is 0. The molecule has 0 aliphatic carbocycles. The van der Waals surface area contributed by atoms with Crippen molar-refractivity contribution < 1.29 is 14.4 Å². The second-order valence-corrected chi connectivity index (χ2v) is 9.18. The van der Waals surface area contributed by atoms with E-state index in [0.29, 0.717) is 12.8 Å². The maximum atomic E-state index is 13.1. The van der Waals surface area contributed by atoms with Crippen molar-refractivity contribution in [1.29, 1.82) is 0 Å². The van der Waals surface area contributed by atoms with Crippen LogP contribution in [0, 0.1) is 0 Å². The minimum Gasteiger partial charge on any atom is -0.274 e. The van der Waals surface area contributed by atoms with E-state index in [1.54, 1.807) is 0 Å². The van der Waals surface area contributed by atoms with Crippen molar-refractivity contribution in [2.75, 3.05) is 13.1 Å². The average Bonchev–Trinajstić information content (AvgIpc) is 2.94. The molecule has 37 heavy (non-hydrogen) atoms. The van der Waals surface area contributed by atoms with E-state index < -0.39 is 17.8 Å². The molecule has 0 unspecified atom stereocenters. The standard InChI is InChI=1S/C32H28N2O3/c35-30-23-31(36)34(22-20-25-13-17-29(18-14-25)27-9-5-2-6-10-27)32(37)33(30)21-19-24-11-15-28(16-12-24)26-7-3-1-4-8-26/h1-18H,19-23H2. The zero-order valence-corrected chi connectivity index (χ0v) is 20.5. The average molecular weight is 489 g/mol. The van der Waals surface area contributed by atoms with Gasteiger partial charge in [0.15, 0.2) is 0 Å². The number of rotatable bonds is 8. The molecule has 0 N–H and O–H groups in total. The van der Waals surface area contributed by atoms with Crippen molar-refractivity contribution in [1.82, 2.24) is 9.80 Å². The molecule has 0 radical (unpaired) electrons. The minimum absolute atomic E-state index is 0.248. The molecule has 1 aliphatic heterocycles. The van der Waals surface area contributed by atoms with E-state index in [-0.39, 0.29) is 19.5 Å². The number of benzene rings is 4. The lowest BCUT2D eigenvalue weighted by molar-refractivity contribution is -0.142. The van der Waals surface area contributed by atoms with Gasteiger partial charge in [-0.05, 0) is 46.2 Å². The van der Waals surface area contributed by atoms with Crippen molar-refractivity contribution in [2.45, 2.75) is 19.3 Å². The van der Waals surface area contributed by atoms with Crippen molar-refractivity contribution in [3.05, 3.63) is 120 Å². The van der Waals surface area contributed by atoms with Crippen LogP contribution >= 0.6 is 0 Å². The second-order valence-electron chi connectivity index (χ2n) is 9.18. The predicted octanol–water partition coefficient (Wildman–Crippen LogP) is 5.99. The molecule has 5 heteroatoms. The van der Waals surface area contributed by atoms with Crippen LogP contribution in [0.3, 0.4) is 0 Å². The van der Waals surface area contributed by atoms with Gasteiger partial charge in [-0.3, -0.25) is 19.4 Å². The summed E-state index contributed by atoms with van der Waals surface area (Å²) in [5.74, 6) is -0.862. The van der Waals surface area contributed by atoms with Gasteiger partial charge in [-0.15, -0.1) is 0 Å². The van der Waals surface area contributed by atoms with Gasteiger partial charge in [-0.2, -0.15) is 0 Å². The SMILES string of the molecule is O=C1CC(=O)N(CCc2ccc(-c3ccccc3)cc2)C(=O)N1CCc1ccc(-c2ccccc2)cc1. The fourth-order valence-electron chi connectivity index (χ4n) is 4.59. The first-order valence-corrected chi connectivity index (χ1v) is 12.5. The summed E-state index contributed by atoms with van der Waals surface area (Å²) in [6.07, 6.45) is 0.802. The smallest absolute Gasteiger partial charge is 0.274 e. The number of hydrogen-bond donors (Lipinski definition) is 0. The molecule has 0 aromatic heterocycles. The van der Waals surface area contributed by atoms with E-state index in [1.807, 2.05) is 84.9 Å². The van der Waals surface area contributed by atoms with E-state index in [0.717, 1.165) is 33.4 Å². The van der Waals surface area contributed by atoms with Crippen LogP contribution in [0.2, 0.25) is 0 Å². The van der Waals surface area contributed by atoms with Crippen molar-refractivity contribution in [3.8, 4) is 22.3 Å². The first-order chi connectivity index (χ1) is 18.1. The van der Waals surface area contributed by atoms with Crippen LogP contribution in [0.15, 0.2) is 109 Å². The van der Waals surface area contributed by atoms with Gasteiger partial charge in [0.25, 0.3) is 0 Å². The molecule has 1 fully saturated rings. The Hall–Kier alpha value is -4.51. The second kappa shape index (κ2) is 11.0. The van der Waals surface area contributed by atoms with Crippen LogP contribution < -0.4 is 0 Å². The van der Waals surface area contributed by atoms with E-state index >= 15 is 0 Å². The fraction of sp³-hybridized carbons (Fsp3) is 0.156. The lowest BCUT2D eigenvalue weighted by Gasteiger charge is -2.32. The van der Waals surface area contributed by atoms with E-state index in [1.165, 1.54) is 9.80 Å². The molecule has 1 saturated heterocycles. The number of hydrogen-bond acceptors (Lipinski definition) is 3. The van der Waals surface area contributed by atoms with Gasteiger partial charge in [0.1, 0.15) is 6.42 Å². The molecular formula is C32H28N2O3. The maximum Gasteiger partial charge on any atom is 0.333 e. The number of carbonyl (C=O) groups excluding carboxylic acids is 3. The number of amides is 4. The topological polar surface area (TPSA) is 57.7 Å². The van der Waals surface area contributed by atoms with Crippen LogP contribution in [0.1, 0.15) is 17.5 Å². The van der Waals surface area contributed by atoms with E-state index in [4.69, 9.17) is 0 Å². The fourth-order valence-corrected chi connectivity index (χ4v) is 4.59. The van der Waals surface area contributed by atoms with E-state index in [2.05, 4.69) is 24.3 Å². The summed E-state index contributed by atoms with van der Waals surface area (Å²) in [6.45, 7) is 0.496. The number of urea groups is 1. The summed E-state index contributed by atoms with van der Waals surface area (Å²) in [5.41, 5.74) is 6.56. The minimum atomic E-state index is -0.525. The highest BCUT2D eigenvalue weighted by Crippen LogP contribution is 2.22. The maximum absolute atomic E-state index is 13.1. The van der Waals surface area contributed by atoms with Crippen molar-refractivity contribution in [3.63, 3.8) is 0 Å². The molecule has 1 aliphatic rings. The van der Waals surface area contributed by atoms with Gasteiger partial charge in [-0.25, -0.2) is 4.79 Å². The molecule has 5 nitrogen and oxygen atoms in total. The summed E-state index contributed by atoms with van der Waals surface area (Å²) in [5, 5.41) is 0. The Morgan fingerprint density at radius 3 is 1.19 bits per heavy atom. The molecule has 4 amide bonds. The quantitative estimate of drug-likeness (QED) is 0.287. The van der Waals surface area contributed by atoms with Gasteiger partial charge < -0.3 is 0 Å². The van der Waals surface area contributed by atoms with Gasteiger partial charge in [0, 0.05) is 13.1 Å². The molecule has 0 atom stereocenters. The number of nitrogens with zero attached hydrogens (tertiary/aromatic N) is 2. The first-order valence-electron chi connectivity index (χ1n) is 12.5. The molecule has 5 rings (SSSR count). The largest absolute Gasteiger partial charge is 0.333 e. The number of carbonyl (C=O) groups is 3. The van der Waals surface area contributed by atoms with Crippen molar-refractivity contribution >= 4 is 17.8 Å². The van der Waals surface area contributed by atoms with Crippen LogP contribution in [-0.4, -0.2) is 40.7 Å². The lowest BCUT2D eigenvalue weighted by atomic mass is 10.0. The summed E-state index contributed by atoms with van der Waals surface area (Å²) >= 11 is 0. The highest BCUT2D eigenvalue weighted by atomic mass is 16.2. The van der Waals surface area contributed by atoms with Crippen LogP contribution in [0.25, 0.3) is 22.3 Å². The molecule has 4 aromatic rings. The molecule has 1 heterocycles. The molecule has 184 valence electrons. The Labute approximate surface area is 217 Å². The third kappa shape index (κ3) is 5.67. The Kier molecular flexibility index (Phi) is 7.22. The highest BCUT2D eigenvalue weighted by molar-refractivity contribution is 6.14. The first kappa shape index (κ1) is 24.2. The third-order valence-electron chi connectivity index (χ3n) is 6.74. The zero-order valence-electron chi connectivity index (χ0n) is 20.5. The number of barbiturate groups is 1. The summed E-state index contributed by atoms with van der Waals surface area (Å²) in [4.78, 5) is 40.6. The molecule has 0 saturated carbocycles. The molecular weight excluding hydrogens is 460 g/mol. The Morgan fingerprint density at radius 2 is 0.811 bits per heavy atom. The molecule has 0 spiro atoms. The molecule has 4 aromatic carbocycles. The van der Waals surface area contributed by atoms with Gasteiger partial charge in [-0.1, -0.05) is 109 Å². The Morgan fingerprint density at radius 1 is 0.459 bits per heavy atom. The van der Waals surface area contributed by atoms with Crippen LogP contribution in [0.4, 0.5) is 4.79 Å². The summed E-state index contributed by atoms with van der Waals surface area (Å²) in [6, 6.07) is 35.9. The predicted molar refractivity (Wildman–Crippen MR) is 145 cm³/mol. The Balaban J connectivity index is 1.19. The lowest BCUT2D eigenvalue weighted by Crippen LogP contribution is -2.55. The monoisotopic (exact) mass is 488 g/mol. The highest BCUT2D eigenvalue weighted by Gasteiger charge is 2.37. The van der Waals surface area contributed by atoms with E-state index in [9.17, 15) is 14.4 Å². The zero-order chi connectivity index (χ0) is 25.6. The Bertz CT molecular complexity index is 1270.